The average molecular weight is 214 g/mol. The molecule has 0 N–H and O–H groups in total. The van der Waals surface area contributed by atoms with Crippen LogP contribution in [0.5, 0.6) is 0 Å². The number of carbonyl (C=O) groups excluding carboxylic acids is 1. The number of benzene rings is 1. The molecule has 2 unspecified atom stereocenters. The summed E-state index contributed by atoms with van der Waals surface area (Å²) in [5.74, 6) is 2.43. The summed E-state index contributed by atoms with van der Waals surface area (Å²) >= 11 is 0. The van der Waals surface area contributed by atoms with Gasteiger partial charge in [0.05, 0.1) is 0 Å². The molecule has 0 aliphatic heterocycles. The SMILES string of the molecule is Cc1ccc(CC(=O)C2C3CCCC32)cc1. The first-order valence-electron chi connectivity index (χ1n) is 6.34. The van der Waals surface area contributed by atoms with Crippen LogP contribution >= 0.6 is 0 Å². The summed E-state index contributed by atoms with van der Waals surface area (Å²) in [6.45, 7) is 2.08. The molecule has 1 heteroatoms. The van der Waals surface area contributed by atoms with Gasteiger partial charge in [0.1, 0.15) is 5.78 Å². The molecule has 0 spiro atoms. The second kappa shape index (κ2) is 3.73. The third kappa shape index (κ3) is 1.68. The zero-order valence-electron chi connectivity index (χ0n) is 9.78. The van der Waals surface area contributed by atoms with Crippen LogP contribution in [0.2, 0.25) is 0 Å². The number of hydrogen-bond donors (Lipinski definition) is 0. The lowest BCUT2D eigenvalue weighted by Gasteiger charge is -2.03. The molecule has 0 radical (unpaired) electrons. The summed E-state index contributed by atoms with van der Waals surface area (Å²) in [5.41, 5.74) is 2.44. The highest BCUT2D eigenvalue weighted by atomic mass is 16.1. The van der Waals surface area contributed by atoms with Crippen molar-refractivity contribution < 1.29 is 4.79 Å². The van der Waals surface area contributed by atoms with Gasteiger partial charge in [-0.05, 0) is 37.2 Å². The Morgan fingerprint density at radius 2 is 1.81 bits per heavy atom. The van der Waals surface area contributed by atoms with Gasteiger partial charge >= 0.3 is 0 Å². The third-order valence-corrected chi connectivity index (χ3v) is 4.28. The zero-order chi connectivity index (χ0) is 11.1. The van der Waals surface area contributed by atoms with E-state index in [1.54, 1.807) is 0 Å². The van der Waals surface area contributed by atoms with Crippen LogP contribution in [-0.2, 0) is 11.2 Å². The fourth-order valence-corrected chi connectivity index (χ4v) is 3.32. The van der Waals surface area contributed by atoms with E-state index < -0.39 is 0 Å². The molecule has 0 heterocycles. The predicted molar refractivity (Wildman–Crippen MR) is 64.2 cm³/mol. The van der Waals surface area contributed by atoms with Crippen molar-refractivity contribution in [2.24, 2.45) is 17.8 Å². The minimum Gasteiger partial charge on any atom is -0.299 e. The second-order valence-corrected chi connectivity index (χ2v) is 5.41. The lowest BCUT2D eigenvalue weighted by atomic mass is 10.0. The topological polar surface area (TPSA) is 17.1 Å². The highest BCUT2D eigenvalue weighted by Gasteiger charge is 2.55. The predicted octanol–water partition coefficient (Wildman–Crippen LogP) is 3.15. The lowest BCUT2D eigenvalue weighted by molar-refractivity contribution is -0.120. The molecule has 0 aromatic heterocycles. The van der Waals surface area contributed by atoms with Crippen LogP contribution in [0.3, 0.4) is 0 Å². The van der Waals surface area contributed by atoms with E-state index in [2.05, 4.69) is 31.2 Å². The summed E-state index contributed by atoms with van der Waals surface area (Å²) in [6, 6.07) is 8.36. The minimum atomic E-state index is 0.426. The molecule has 1 nitrogen and oxygen atoms in total. The molecule has 3 rings (SSSR count). The Kier molecular flexibility index (Phi) is 2.34. The van der Waals surface area contributed by atoms with Crippen LogP contribution in [0.25, 0.3) is 0 Å². The Morgan fingerprint density at radius 3 is 2.44 bits per heavy atom. The summed E-state index contributed by atoms with van der Waals surface area (Å²) in [5, 5.41) is 0. The molecular weight excluding hydrogens is 196 g/mol. The van der Waals surface area contributed by atoms with Gasteiger partial charge in [-0.2, -0.15) is 0 Å². The molecule has 0 amide bonds. The van der Waals surface area contributed by atoms with Gasteiger partial charge in [0, 0.05) is 12.3 Å². The van der Waals surface area contributed by atoms with E-state index >= 15 is 0 Å². The standard InChI is InChI=1S/C15H18O/c1-10-5-7-11(8-6-10)9-14(16)15-12-3-2-4-13(12)15/h5-8,12-13,15H,2-4,9H2,1H3. The minimum absolute atomic E-state index is 0.426. The maximum atomic E-state index is 12.1. The number of Topliss-reactive ketones (excluding diaryl/α,β-unsaturated/α-hetero) is 1. The Morgan fingerprint density at radius 1 is 1.19 bits per heavy atom. The normalized spacial score (nSPS) is 31.2. The third-order valence-electron chi connectivity index (χ3n) is 4.28. The molecule has 16 heavy (non-hydrogen) atoms. The van der Waals surface area contributed by atoms with Crippen LogP contribution in [0.4, 0.5) is 0 Å². The van der Waals surface area contributed by atoms with Crippen molar-refractivity contribution in [1.82, 2.24) is 0 Å². The van der Waals surface area contributed by atoms with Crippen molar-refractivity contribution in [3.63, 3.8) is 0 Å². The Labute approximate surface area is 96.9 Å². The van der Waals surface area contributed by atoms with Gasteiger partial charge < -0.3 is 0 Å². The summed E-state index contributed by atoms with van der Waals surface area (Å²) < 4.78 is 0. The lowest BCUT2D eigenvalue weighted by Crippen LogP contribution is -2.08. The van der Waals surface area contributed by atoms with Crippen molar-refractivity contribution >= 4 is 5.78 Å². The quantitative estimate of drug-likeness (QED) is 0.755. The van der Waals surface area contributed by atoms with Crippen LogP contribution in [0.1, 0.15) is 30.4 Å². The van der Waals surface area contributed by atoms with Crippen LogP contribution in [0.15, 0.2) is 24.3 Å². The van der Waals surface area contributed by atoms with Gasteiger partial charge in [-0.3, -0.25) is 4.79 Å². The van der Waals surface area contributed by atoms with E-state index in [9.17, 15) is 4.79 Å². The number of fused-ring (bicyclic) bond motifs is 1. The number of carbonyl (C=O) groups is 1. The zero-order valence-corrected chi connectivity index (χ0v) is 9.78. The molecule has 1 aromatic carbocycles. The van der Waals surface area contributed by atoms with Crippen molar-refractivity contribution in [3.05, 3.63) is 35.4 Å². The summed E-state index contributed by atoms with van der Waals surface area (Å²) in [6.07, 6.45) is 4.60. The van der Waals surface area contributed by atoms with Crippen molar-refractivity contribution in [2.45, 2.75) is 32.6 Å². The van der Waals surface area contributed by atoms with E-state index in [0.29, 0.717) is 18.1 Å². The molecule has 2 saturated carbocycles. The summed E-state index contributed by atoms with van der Waals surface area (Å²) in [4.78, 5) is 12.1. The highest BCUT2D eigenvalue weighted by Crippen LogP contribution is 2.58. The largest absolute Gasteiger partial charge is 0.299 e. The molecule has 2 atom stereocenters. The smallest absolute Gasteiger partial charge is 0.140 e. The fraction of sp³-hybridized carbons (Fsp3) is 0.533. The molecule has 0 bridgehead atoms. The van der Waals surface area contributed by atoms with Gasteiger partial charge in [-0.1, -0.05) is 36.2 Å². The van der Waals surface area contributed by atoms with Crippen molar-refractivity contribution in [1.29, 1.82) is 0 Å². The molecule has 84 valence electrons. The molecule has 2 fully saturated rings. The average Bonchev–Trinajstić information content (AvgIpc) is 2.76. The molecule has 2 aliphatic carbocycles. The first-order chi connectivity index (χ1) is 7.75. The first kappa shape index (κ1) is 10.1. The monoisotopic (exact) mass is 214 g/mol. The maximum Gasteiger partial charge on any atom is 0.140 e. The van der Waals surface area contributed by atoms with E-state index in [-0.39, 0.29) is 0 Å². The highest BCUT2D eigenvalue weighted by molar-refractivity contribution is 5.86. The van der Waals surface area contributed by atoms with Gasteiger partial charge in [-0.15, -0.1) is 0 Å². The van der Waals surface area contributed by atoms with Crippen LogP contribution in [-0.4, -0.2) is 5.78 Å². The Hall–Kier alpha value is -1.11. The van der Waals surface area contributed by atoms with Crippen molar-refractivity contribution in [2.75, 3.05) is 0 Å². The van der Waals surface area contributed by atoms with Crippen LogP contribution < -0.4 is 0 Å². The molecule has 2 aliphatic rings. The Bertz CT molecular complexity index is 394. The first-order valence-corrected chi connectivity index (χ1v) is 6.34. The molecule has 0 saturated heterocycles. The number of ketones is 1. The van der Waals surface area contributed by atoms with Crippen LogP contribution in [0, 0.1) is 24.7 Å². The van der Waals surface area contributed by atoms with E-state index in [1.165, 1.54) is 30.4 Å². The number of hydrogen-bond acceptors (Lipinski definition) is 1. The Balaban J connectivity index is 1.63. The second-order valence-electron chi connectivity index (χ2n) is 5.41. The fourth-order valence-electron chi connectivity index (χ4n) is 3.32. The summed E-state index contributed by atoms with van der Waals surface area (Å²) in [7, 11) is 0. The van der Waals surface area contributed by atoms with E-state index in [0.717, 1.165) is 11.8 Å². The molecular formula is C15H18O. The molecule has 1 aromatic rings. The van der Waals surface area contributed by atoms with Gasteiger partial charge in [0.15, 0.2) is 0 Å². The van der Waals surface area contributed by atoms with Gasteiger partial charge in [0.2, 0.25) is 0 Å². The van der Waals surface area contributed by atoms with Crippen molar-refractivity contribution in [3.8, 4) is 0 Å². The number of rotatable bonds is 3. The maximum absolute atomic E-state index is 12.1. The van der Waals surface area contributed by atoms with Gasteiger partial charge in [0.25, 0.3) is 0 Å². The van der Waals surface area contributed by atoms with Gasteiger partial charge in [-0.25, -0.2) is 0 Å². The number of aryl methyl sites for hydroxylation is 1. The van der Waals surface area contributed by atoms with E-state index in [4.69, 9.17) is 0 Å². The van der Waals surface area contributed by atoms with E-state index in [1.807, 2.05) is 0 Å².